The minimum Gasteiger partial charge on any atom is -0.478 e. The van der Waals surface area contributed by atoms with Gasteiger partial charge in [0.05, 0.1) is 11.3 Å². The fourth-order valence-electron chi connectivity index (χ4n) is 1.58. The number of rotatable bonds is 4. The lowest BCUT2D eigenvalue weighted by Gasteiger charge is -2.06. The number of aromatic carboxylic acids is 1. The first-order chi connectivity index (χ1) is 9.08. The number of benzene rings is 1. The molecule has 0 spiro atoms. The second-order valence-electron chi connectivity index (χ2n) is 4.00. The third-order valence-corrected chi connectivity index (χ3v) is 4.36. The van der Waals surface area contributed by atoms with E-state index >= 15 is 0 Å². The van der Waals surface area contributed by atoms with E-state index in [9.17, 15) is 4.79 Å². The number of hydrogen-bond donors (Lipinski definition) is 1. The molecule has 0 fully saturated rings. The van der Waals surface area contributed by atoms with E-state index in [4.69, 9.17) is 5.11 Å². The molecule has 3 nitrogen and oxygen atoms in total. The molecule has 0 saturated carbocycles. The maximum Gasteiger partial charge on any atom is 0.336 e. The Labute approximate surface area is 124 Å². The number of carbonyl (C=O) groups is 1. The van der Waals surface area contributed by atoms with Crippen molar-refractivity contribution < 1.29 is 9.90 Å². The fraction of sp³-hybridized carbons (Fsp3) is 0.143. The van der Waals surface area contributed by atoms with Crippen LogP contribution in [0.4, 0.5) is 0 Å². The van der Waals surface area contributed by atoms with Crippen LogP contribution in [0.1, 0.15) is 21.6 Å². The molecule has 1 heterocycles. The number of nitrogens with zero attached hydrogens (tertiary/aromatic N) is 1. The standard InChI is InChI=1S/C14H12BrNO2S/c1-9-3-2-6-16-13(9)8-19-10-4-5-12(15)11(7-10)14(17)18/h2-7H,8H2,1H3,(H,17,18). The van der Waals surface area contributed by atoms with Gasteiger partial charge in [0.15, 0.2) is 0 Å². The fourth-order valence-corrected chi connectivity index (χ4v) is 2.97. The van der Waals surface area contributed by atoms with Crippen molar-refractivity contribution in [1.29, 1.82) is 0 Å². The highest BCUT2D eigenvalue weighted by Crippen LogP contribution is 2.27. The molecule has 0 amide bonds. The topological polar surface area (TPSA) is 50.2 Å². The summed E-state index contributed by atoms with van der Waals surface area (Å²) in [6, 6.07) is 9.27. The Morgan fingerprint density at radius 2 is 2.21 bits per heavy atom. The highest BCUT2D eigenvalue weighted by Gasteiger charge is 2.09. The molecule has 1 aromatic carbocycles. The molecule has 0 unspecified atom stereocenters. The van der Waals surface area contributed by atoms with Gasteiger partial charge in [-0.2, -0.15) is 0 Å². The third kappa shape index (κ3) is 3.58. The van der Waals surface area contributed by atoms with Crippen LogP contribution in [0, 0.1) is 6.92 Å². The average Bonchev–Trinajstić information content (AvgIpc) is 2.39. The molecular formula is C14H12BrNO2S. The lowest BCUT2D eigenvalue weighted by Crippen LogP contribution is -1.97. The maximum absolute atomic E-state index is 11.1. The Hall–Kier alpha value is -1.33. The van der Waals surface area contributed by atoms with E-state index in [1.54, 1.807) is 30.1 Å². The van der Waals surface area contributed by atoms with Crippen LogP contribution in [0.25, 0.3) is 0 Å². The van der Waals surface area contributed by atoms with Gasteiger partial charge in [-0.3, -0.25) is 4.98 Å². The second kappa shape index (κ2) is 6.21. The van der Waals surface area contributed by atoms with E-state index in [2.05, 4.69) is 20.9 Å². The highest BCUT2D eigenvalue weighted by molar-refractivity contribution is 9.10. The monoisotopic (exact) mass is 337 g/mol. The number of carboxylic acids is 1. The first-order valence-electron chi connectivity index (χ1n) is 5.64. The largest absolute Gasteiger partial charge is 0.478 e. The summed E-state index contributed by atoms with van der Waals surface area (Å²) in [6.07, 6.45) is 1.77. The Morgan fingerprint density at radius 1 is 1.42 bits per heavy atom. The summed E-state index contributed by atoms with van der Waals surface area (Å²) in [7, 11) is 0. The molecule has 0 aliphatic heterocycles. The quantitative estimate of drug-likeness (QED) is 0.851. The van der Waals surface area contributed by atoms with Crippen LogP contribution in [0.15, 0.2) is 45.9 Å². The SMILES string of the molecule is Cc1cccnc1CSc1ccc(Br)c(C(=O)O)c1. The summed E-state index contributed by atoms with van der Waals surface area (Å²) in [5.41, 5.74) is 2.45. The second-order valence-corrected chi connectivity index (χ2v) is 5.91. The van der Waals surface area contributed by atoms with E-state index in [1.807, 2.05) is 25.1 Å². The molecule has 2 aromatic rings. The van der Waals surface area contributed by atoms with Crippen LogP contribution in [-0.4, -0.2) is 16.1 Å². The summed E-state index contributed by atoms with van der Waals surface area (Å²) < 4.78 is 0.596. The normalized spacial score (nSPS) is 10.4. The van der Waals surface area contributed by atoms with Crippen LogP contribution in [-0.2, 0) is 5.75 Å². The van der Waals surface area contributed by atoms with E-state index in [1.165, 1.54) is 0 Å². The molecule has 5 heteroatoms. The lowest BCUT2D eigenvalue weighted by atomic mass is 10.2. The zero-order valence-electron chi connectivity index (χ0n) is 10.3. The van der Waals surface area contributed by atoms with Gasteiger partial charge in [0.2, 0.25) is 0 Å². The third-order valence-electron chi connectivity index (χ3n) is 2.66. The number of carboxylic acid groups (broad SMARTS) is 1. The number of aromatic nitrogens is 1. The Bertz CT molecular complexity index is 616. The molecule has 0 saturated heterocycles. The van der Waals surface area contributed by atoms with Crippen molar-refractivity contribution in [1.82, 2.24) is 4.98 Å². The molecular weight excluding hydrogens is 326 g/mol. The van der Waals surface area contributed by atoms with Crippen molar-refractivity contribution in [2.75, 3.05) is 0 Å². The minimum absolute atomic E-state index is 0.280. The van der Waals surface area contributed by atoms with Gasteiger partial charge < -0.3 is 5.11 Å². The van der Waals surface area contributed by atoms with E-state index in [0.717, 1.165) is 21.9 Å². The summed E-state index contributed by atoms with van der Waals surface area (Å²) in [4.78, 5) is 16.3. The van der Waals surface area contributed by atoms with Gasteiger partial charge in [-0.05, 0) is 52.7 Å². The predicted molar refractivity (Wildman–Crippen MR) is 79.6 cm³/mol. The summed E-state index contributed by atoms with van der Waals surface area (Å²) in [5, 5.41) is 9.07. The molecule has 0 radical (unpaired) electrons. The highest BCUT2D eigenvalue weighted by atomic mass is 79.9. The van der Waals surface area contributed by atoms with Crippen molar-refractivity contribution in [2.45, 2.75) is 17.6 Å². The predicted octanol–water partition coefficient (Wildman–Crippen LogP) is 4.14. The van der Waals surface area contributed by atoms with Crippen molar-refractivity contribution >= 4 is 33.7 Å². The van der Waals surface area contributed by atoms with Gasteiger partial charge in [-0.1, -0.05) is 6.07 Å². The van der Waals surface area contributed by atoms with Crippen LogP contribution in [0.3, 0.4) is 0 Å². The van der Waals surface area contributed by atoms with E-state index < -0.39 is 5.97 Å². The lowest BCUT2D eigenvalue weighted by molar-refractivity contribution is 0.0695. The number of hydrogen-bond acceptors (Lipinski definition) is 3. The Balaban J connectivity index is 2.14. The summed E-state index contributed by atoms with van der Waals surface area (Å²) in [6.45, 7) is 2.02. The number of pyridine rings is 1. The van der Waals surface area contributed by atoms with Gasteiger partial charge in [-0.15, -0.1) is 11.8 Å². The van der Waals surface area contributed by atoms with Gasteiger partial charge in [0.25, 0.3) is 0 Å². The smallest absolute Gasteiger partial charge is 0.336 e. The van der Waals surface area contributed by atoms with Crippen molar-refractivity contribution in [2.24, 2.45) is 0 Å². The Kier molecular flexibility index (Phi) is 4.61. The van der Waals surface area contributed by atoms with Gasteiger partial charge in [0, 0.05) is 21.3 Å². The molecule has 0 atom stereocenters. The first kappa shape index (κ1) is 14.1. The molecule has 0 bridgehead atoms. The van der Waals surface area contributed by atoms with E-state index in [0.29, 0.717) is 4.47 Å². The van der Waals surface area contributed by atoms with Gasteiger partial charge in [0.1, 0.15) is 0 Å². The number of thioether (sulfide) groups is 1. The molecule has 0 aliphatic rings. The molecule has 1 N–H and O–H groups in total. The van der Waals surface area contributed by atoms with Crippen molar-refractivity contribution in [3.8, 4) is 0 Å². The van der Waals surface area contributed by atoms with Crippen LogP contribution in [0.5, 0.6) is 0 Å². The number of halogens is 1. The summed E-state index contributed by atoms with van der Waals surface area (Å²) in [5.74, 6) is -0.198. The van der Waals surface area contributed by atoms with Gasteiger partial charge >= 0.3 is 5.97 Å². The van der Waals surface area contributed by atoms with Crippen molar-refractivity contribution in [3.63, 3.8) is 0 Å². The molecule has 98 valence electrons. The zero-order chi connectivity index (χ0) is 13.8. The first-order valence-corrected chi connectivity index (χ1v) is 7.42. The van der Waals surface area contributed by atoms with Crippen LogP contribution in [0.2, 0.25) is 0 Å². The maximum atomic E-state index is 11.1. The molecule has 0 aliphatic carbocycles. The van der Waals surface area contributed by atoms with Crippen LogP contribution < -0.4 is 0 Å². The molecule has 2 rings (SSSR count). The minimum atomic E-state index is -0.927. The molecule has 1 aromatic heterocycles. The summed E-state index contributed by atoms with van der Waals surface area (Å²) >= 11 is 4.82. The molecule has 19 heavy (non-hydrogen) atoms. The van der Waals surface area contributed by atoms with Crippen LogP contribution >= 0.6 is 27.7 Å². The zero-order valence-corrected chi connectivity index (χ0v) is 12.7. The number of aryl methyl sites for hydroxylation is 1. The average molecular weight is 338 g/mol. The Morgan fingerprint density at radius 3 is 2.89 bits per heavy atom. The van der Waals surface area contributed by atoms with Crippen molar-refractivity contribution in [3.05, 3.63) is 57.8 Å². The van der Waals surface area contributed by atoms with Gasteiger partial charge in [-0.25, -0.2) is 4.79 Å². The van der Waals surface area contributed by atoms with E-state index in [-0.39, 0.29) is 5.56 Å².